The Morgan fingerprint density at radius 3 is 2.85 bits per heavy atom. The summed E-state index contributed by atoms with van der Waals surface area (Å²) in [5.41, 5.74) is 0.631. The maximum atomic E-state index is 14.0. The van der Waals surface area contributed by atoms with E-state index in [1.807, 2.05) is 0 Å². The van der Waals surface area contributed by atoms with E-state index in [9.17, 15) is 9.18 Å². The van der Waals surface area contributed by atoms with Crippen molar-refractivity contribution in [2.75, 3.05) is 6.54 Å². The van der Waals surface area contributed by atoms with E-state index < -0.39 is 11.8 Å². The number of carbonyl (C=O) groups is 1. The van der Waals surface area contributed by atoms with Crippen LogP contribution in [-0.4, -0.2) is 28.6 Å². The van der Waals surface area contributed by atoms with Gasteiger partial charge in [-0.15, -0.1) is 0 Å². The molecule has 0 amide bonds. The molecule has 2 fully saturated rings. The van der Waals surface area contributed by atoms with Crippen LogP contribution in [0.15, 0.2) is 18.2 Å². The number of halogens is 1. The van der Waals surface area contributed by atoms with Gasteiger partial charge < -0.3 is 5.11 Å². The molecule has 20 heavy (non-hydrogen) atoms. The number of carboxylic acids is 1. The van der Waals surface area contributed by atoms with Gasteiger partial charge in [0.2, 0.25) is 0 Å². The van der Waals surface area contributed by atoms with Crippen molar-refractivity contribution >= 4 is 5.97 Å². The first kappa shape index (κ1) is 13.6. The highest BCUT2D eigenvalue weighted by Gasteiger charge is 2.34. The van der Waals surface area contributed by atoms with Crippen LogP contribution < -0.4 is 0 Å². The van der Waals surface area contributed by atoms with Crippen LogP contribution in [0.4, 0.5) is 4.39 Å². The smallest absolute Gasteiger partial charge is 0.335 e. The lowest BCUT2D eigenvalue weighted by atomic mass is 9.91. The maximum absolute atomic E-state index is 14.0. The summed E-state index contributed by atoms with van der Waals surface area (Å²) in [6.07, 6.45) is 6.31. The van der Waals surface area contributed by atoms with Crippen molar-refractivity contribution in [3.8, 4) is 0 Å². The lowest BCUT2D eigenvalue weighted by molar-refractivity contribution is 0.0696. The molecular formula is C16H20FNO2. The average molecular weight is 277 g/mol. The fraction of sp³-hybridized carbons (Fsp3) is 0.562. The largest absolute Gasteiger partial charge is 0.478 e. The summed E-state index contributed by atoms with van der Waals surface area (Å²) in [7, 11) is 0. The molecule has 2 aliphatic rings. The molecule has 3 rings (SSSR count). The second kappa shape index (κ2) is 5.52. The van der Waals surface area contributed by atoms with Crippen molar-refractivity contribution in [1.82, 2.24) is 4.90 Å². The quantitative estimate of drug-likeness (QED) is 0.921. The molecule has 1 heterocycles. The van der Waals surface area contributed by atoms with E-state index in [4.69, 9.17) is 5.11 Å². The van der Waals surface area contributed by atoms with Gasteiger partial charge in [0, 0.05) is 18.2 Å². The normalized spacial score (nSPS) is 26.4. The van der Waals surface area contributed by atoms with E-state index in [1.54, 1.807) is 6.07 Å². The summed E-state index contributed by atoms with van der Waals surface area (Å²) in [4.78, 5) is 13.2. The topological polar surface area (TPSA) is 40.5 Å². The molecule has 1 aliphatic heterocycles. The zero-order valence-corrected chi connectivity index (χ0v) is 11.5. The summed E-state index contributed by atoms with van der Waals surface area (Å²) in [6, 6.07) is 4.85. The molecule has 2 unspecified atom stereocenters. The predicted octanol–water partition coefficient (Wildman–Crippen LogP) is 3.29. The number of hydrogen-bond donors (Lipinski definition) is 1. The van der Waals surface area contributed by atoms with Gasteiger partial charge in [-0.2, -0.15) is 0 Å². The number of rotatable bonds is 3. The number of carboxylic acid groups (broad SMARTS) is 1. The molecule has 0 bridgehead atoms. The molecule has 0 spiro atoms. The van der Waals surface area contributed by atoms with E-state index in [0.29, 0.717) is 18.2 Å². The van der Waals surface area contributed by atoms with Crippen LogP contribution in [0.3, 0.4) is 0 Å². The molecule has 1 aromatic carbocycles. The van der Waals surface area contributed by atoms with Crippen LogP contribution in [0.2, 0.25) is 0 Å². The molecule has 0 radical (unpaired) electrons. The van der Waals surface area contributed by atoms with E-state index in [1.165, 1.54) is 38.2 Å². The van der Waals surface area contributed by atoms with E-state index >= 15 is 0 Å². The highest BCUT2D eigenvalue weighted by Crippen LogP contribution is 2.37. The lowest BCUT2D eigenvalue weighted by Crippen LogP contribution is -2.42. The third-order valence-electron chi connectivity index (χ3n) is 4.78. The van der Waals surface area contributed by atoms with Gasteiger partial charge in [-0.3, -0.25) is 4.90 Å². The molecule has 1 N–H and O–H groups in total. The zero-order chi connectivity index (χ0) is 14.1. The molecule has 0 aromatic heterocycles. The van der Waals surface area contributed by atoms with Crippen molar-refractivity contribution in [2.45, 2.75) is 44.7 Å². The summed E-state index contributed by atoms with van der Waals surface area (Å²) in [5.74, 6) is -0.695. The molecule has 1 saturated carbocycles. The number of nitrogens with zero attached hydrogens (tertiary/aromatic N) is 1. The monoisotopic (exact) mass is 277 g/mol. The first-order valence-electron chi connectivity index (χ1n) is 7.41. The number of benzene rings is 1. The van der Waals surface area contributed by atoms with Crippen molar-refractivity contribution in [3.63, 3.8) is 0 Å². The van der Waals surface area contributed by atoms with E-state index in [0.717, 1.165) is 18.5 Å². The van der Waals surface area contributed by atoms with Gasteiger partial charge >= 0.3 is 5.97 Å². The minimum absolute atomic E-state index is 0.0173. The molecule has 1 aliphatic carbocycles. The molecule has 4 heteroatoms. The first-order valence-corrected chi connectivity index (χ1v) is 7.41. The Morgan fingerprint density at radius 1 is 1.30 bits per heavy atom. The number of aromatic carboxylic acids is 1. The van der Waals surface area contributed by atoms with Gasteiger partial charge in [-0.1, -0.05) is 12.5 Å². The third kappa shape index (κ3) is 2.57. The standard InChI is InChI=1S/C16H20FNO2/c17-14-9-12(16(19)20)6-7-13(14)10-18-8-2-4-11-3-1-5-15(11)18/h6-7,9,11,15H,1-5,8,10H2,(H,19,20). The highest BCUT2D eigenvalue weighted by atomic mass is 19.1. The van der Waals surface area contributed by atoms with Crippen LogP contribution >= 0.6 is 0 Å². The van der Waals surface area contributed by atoms with Gasteiger partial charge in [0.05, 0.1) is 5.56 Å². The van der Waals surface area contributed by atoms with Crippen LogP contribution in [0.1, 0.15) is 48.0 Å². The molecule has 108 valence electrons. The summed E-state index contributed by atoms with van der Waals surface area (Å²) < 4.78 is 14.0. The van der Waals surface area contributed by atoms with Gasteiger partial charge in [-0.05, 0) is 50.3 Å². The summed E-state index contributed by atoms with van der Waals surface area (Å²) >= 11 is 0. The van der Waals surface area contributed by atoms with Crippen molar-refractivity contribution in [3.05, 3.63) is 35.1 Å². The van der Waals surface area contributed by atoms with Crippen LogP contribution in [-0.2, 0) is 6.54 Å². The minimum Gasteiger partial charge on any atom is -0.478 e. The van der Waals surface area contributed by atoms with Gasteiger partial charge in [0.1, 0.15) is 5.82 Å². The number of likely N-dealkylation sites (tertiary alicyclic amines) is 1. The van der Waals surface area contributed by atoms with Crippen molar-refractivity contribution in [2.24, 2.45) is 5.92 Å². The maximum Gasteiger partial charge on any atom is 0.335 e. The van der Waals surface area contributed by atoms with Crippen molar-refractivity contribution < 1.29 is 14.3 Å². The number of hydrogen-bond acceptors (Lipinski definition) is 2. The fourth-order valence-electron chi connectivity index (χ4n) is 3.78. The number of piperidine rings is 1. The zero-order valence-electron chi connectivity index (χ0n) is 11.5. The second-order valence-electron chi connectivity index (χ2n) is 5.98. The van der Waals surface area contributed by atoms with Crippen LogP contribution in [0, 0.1) is 11.7 Å². The third-order valence-corrected chi connectivity index (χ3v) is 4.78. The van der Waals surface area contributed by atoms with E-state index in [-0.39, 0.29) is 5.56 Å². The minimum atomic E-state index is -1.08. The lowest BCUT2D eigenvalue weighted by Gasteiger charge is -2.37. The fourth-order valence-corrected chi connectivity index (χ4v) is 3.78. The Labute approximate surface area is 118 Å². The molecule has 2 atom stereocenters. The van der Waals surface area contributed by atoms with Gasteiger partial charge in [-0.25, -0.2) is 9.18 Å². The van der Waals surface area contributed by atoms with Gasteiger partial charge in [0.15, 0.2) is 0 Å². The van der Waals surface area contributed by atoms with Crippen LogP contribution in [0.25, 0.3) is 0 Å². The summed E-state index contributed by atoms with van der Waals surface area (Å²) in [6.45, 7) is 1.63. The Balaban J connectivity index is 1.75. The average Bonchev–Trinajstić information content (AvgIpc) is 2.90. The first-order chi connectivity index (χ1) is 9.65. The van der Waals surface area contributed by atoms with Crippen LogP contribution in [0.5, 0.6) is 0 Å². The molecule has 1 saturated heterocycles. The second-order valence-corrected chi connectivity index (χ2v) is 5.98. The SMILES string of the molecule is O=C(O)c1ccc(CN2CCCC3CCCC32)c(F)c1. The molecular weight excluding hydrogens is 257 g/mol. The Kier molecular flexibility index (Phi) is 3.74. The Bertz CT molecular complexity index is 517. The van der Waals surface area contributed by atoms with Crippen molar-refractivity contribution in [1.29, 1.82) is 0 Å². The highest BCUT2D eigenvalue weighted by molar-refractivity contribution is 5.87. The number of fused-ring (bicyclic) bond motifs is 1. The molecule has 1 aromatic rings. The predicted molar refractivity (Wildman–Crippen MR) is 74.1 cm³/mol. The summed E-state index contributed by atoms with van der Waals surface area (Å²) in [5, 5.41) is 8.87. The molecule has 3 nitrogen and oxygen atoms in total. The van der Waals surface area contributed by atoms with Gasteiger partial charge in [0.25, 0.3) is 0 Å². The Hall–Kier alpha value is -1.42. The van der Waals surface area contributed by atoms with E-state index in [2.05, 4.69) is 4.90 Å². The Morgan fingerprint density at radius 2 is 2.10 bits per heavy atom.